The molecule has 0 N–H and O–H groups in total. The van der Waals surface area contributed by atoms with E-state index in [4.69, 9.17) is 11.6 Å². The molecule has 0 aliphatic rings. The van der Waals surface area contributed by atoms with Crippen molar-refractivity contribution in [3.63, 3.8) is 0 Å². The molecule has 3 aromatic rings. The van der Waals surface area contributed by atoms with E-state index < -0.39 is 0 Å². The molecule has 0 aliphatic heterocycles. The fourth-order valence-corrected chi connectivity index (χ4v) is 2.27. The summed E-state index contributed by atoms with van der Waals surface area (Å²) in [5.74, 6) is 0. The van der Waals surface area contributed by atoms with Crippen molar-refractivity contribution >= 4 is 22.5 Å². The van der Waals surface area contributed by atoms with Gasteiger partial charge in [0.05, 0.1) is 11.2 Å². The highest BCUT2D eigenvalue weighted by molar-refractivity contribution is 6.28. The summed E-state index contributed by atoms with van der Waals surface area (Å²) >= 11 is 6.00. The lowest BCUT2D eigenvalue weighted by molar-refractivity contribution is 1.22. The molecular formula is C15H11ClN2. The Hall–Kier alpha value is -1.93. The van der Waals surface area contributed by atoms with E-state index in [0.717, 1.165) is 22.2 Å². The molecule has 0 saturated carbocycles. The number of benzene rings is 2. The van der Waals surface area contributed by atoms with Crippen LogP contribution in [0.25, 0.3) is 22.2 Å². The first-order valence-electron chi connectivity index (χ1n) is 5.74. The third kappa shape index (κ3) is 1.85. The van der Waals surface area contributed by atoms with Crippen molar-refractivity contribution in [3.8, 4) is 11.3 Å². The largest absolute Gasteiger partial charge is 0.223 e. The Morgan fingerprint density at radius 2 is 1.61 bits per heavy atom. The van der Waals surface area contributed by atoms with Crippen LogP contribution in [0.2, 0.25) is 5.28 Å². The minimum atomic E-state index is 0.284. The summed E-state index contributed by atoms with van der Waals surface area (Å²) < 4.78 is 0. The summed E-state index contributed by atoms with van der Waals surface area (Å²) in [5, 5.41) is 1.31. The van der Waals surface area contributed by atoms with E-state index in [9.17, 15) is 0 Å². The van der Waals surface area contributed by atoms with Crippen molar-refractivity contribution in [2.24, 2.45) is 0 Å². The van der Waals surface area contributed by atoms with Crippen molar-refractivity contribution in [1.29, 1.82) is 0 Å². The Kier molecular flexibility index (Phi) is 2.73. The zero-order chi connectivity index (χ0) is 12.5. The number of aromatic nitrogens is 2. The molecule has 2 nitrogen and oxygen atoms in total. The summed E-state index contributed by atoms with van der Waals surface area (Å²) in [6.07, 6.45) is 0. The topological polar surface area (TPSA) is 25.8 Å². The summed E-state index contributed by atoms with van der Waals surface area (Å²) in [6.45, 7) is 2.07. The zero-order valence-electron chi connectivity index (χ0n) is 9.89. The molecule has 0 aliphatic carbocycles. The zero-order valence-corrected chi connectivity index (χ0v) is 10.6. The van der Waals surface area contributed by atoms with E-state index >= 15 is 0 Å². The standard InChI is InChI=1S/C15H11ClN2/c1-10-6-2-3-7-11(10)14-12-8-4-5-9-13(12)17-15(16)18-14/h2-9H,1H3. The normalized spacial score (nSPS) is 10.8. The molecule has 2 aromatic carbocycles. The van der Waals surface area contributed by atoms with Crippen molar-refractivity contribution in [2.75, 3.05) is 0 Å². The Morgan fingerprint density at radius 3 is 2.44 bits per heavy atom. The van der Waals surface area contributed by atoms with Crippen LogP contribution in [0.3, 0.4) is 0 Å². The highest BCUT2D eigenvalue weighted by Crippen LogP contribution is 2.29. The first-order chi connectivity index (χ1) is 8.75. The van der Waals surface area contributed by atoms with Gasteiger partial charge in [0.25, 0.3) is 0 Å². The Labute approximate surface area is 110 Å². The van der Waals surface area contributed by atoms with Gasteiger partial charge in [0, 0.05) is 10.9 Å². The molecule has 1 heterocycles. The minimum Gasteiger partial charge on any atom is -0.218 e. The number of nitrogens with zero attached hydrogens (tertiary/aromatic N) is 2. The summed E-state index contributed by atoms with van der Waals surface area (Å²) in [7, 11) is 0. The van der Waals surface area contributed by atoms with Gasteiger partial charge >= 0.3 is 0 Å². The van der Waals surface area contributed by atoms with Crippen LogP contribution >= 0.6 is 11.6 Å². The SMILES string of the molecule is Cc1ccccc1-c1nc(Cl)nc2ccccc12. The first kappa shape index (κ1) is 11.2. The number of rotatable bonds is 1. The van der Waals surface area contributed by atoms with Crippen LogP contribution in [-0.2, 0) is 0 Å². The number of fused-ring (bicyclic) bond motifs is 1. The molecule has 88 valence electrons. The molecule has 0 radical (unpaired) electrons. The van der Waals surface area contributed by atoms with Gasteiger partial charge in [0.2, 0.25) is 5.28 Å². The van der Waals surface area contributed by atoms with Crippen LogP contribution in [0.4, 0.5) is 0 Å². The van der Waals surface area contributed by atoms with Crippen LogP contribution in [-0.4, -0.2) is 9.97 Å². The quantitative estimate of drug-likeness (QED) is 0.607. The number of aryl methyl sites for hydroxylation is 1. The minimum absolute atomic E-state index is 0.284. The van der Waals surface area contributed by atoms with E-state index in [2.05, 4.69) is 29.0 Å². The lowest BCUT2D eigenvalue weighted by atomic mass is 10.0. The summed E-state index contributed by atoms with van der Waals surface area (Å²) in [6, 6.07) is 16.1. The van der Waals surface area contributed by atoms with Gasteiger partial charge in [-0.3, -0.25) is 0 Å². The van der Waals surface area contributed by atoms with Gasteiger partial charge in [0.15, 0.2) is 0 Å². The third-order valence-corrected chi connectivity index (χ3v) is 3.15. The second-order valence-corrected chi connectivity index (χ2v) is 4.51. The highest BCUT2D eigenvalue weighted by atomic mass is 35.5. The maximum Gasteiger partial charge on any atom is 0.223 e. The number of hydrogen-bond donors (Lipinski definition) is 0. The number of para-hydroxylation sites is 1. The second-order valence-electron chi connectivity index (χ2n) is 4.17. The number of halogens is 1. The van der Waals surface area contributed by atoms with Crippen molar-refractivity contribution in [2.45, 2.75) is 6.92 Å². The first-order valence-corrected chi connectivity index (χ1v) is 6.12. The lowest BCUT2D eigenvalue weighted by Gasteiger charge is -2.08. The van der Waals surface area contributed by atoms with Gasteiger partial charge in [0.1, 0.15) is 0 Å². The van der Waals surface area contributed by atoms with E-state index in [1.54, 1.807) is 0 Å². The molecule has 3 rings (SSSR count). The molecule has 0 bridgehead atoms. The fourth-order valence-electron chi connectivity index (χ4n) is 2.09. The molecule has 0 amide bonds. The predicted octanol–water partition coefficient (Wildman–Crippen LogP) is 4.26. The maximum atomic E-state index is 6.00. The van der Waals surface area contributed by atoms with Crippen LogP contribution < -0.4 is 0 Å². The fraction of sp³-hybridized carbons (Fsp3) is 0.0667. The molecule has 0 spiro atoms. The molecular weight excluding hydrogens is 244 g/mol. The summed E-state index contributed by atoms with van der Waals surface area (Å²) in [5.41, 5.74) is 4.04. The van der Waals surface area contributed by atoms with Crippen LogP contribution in [0.5, 0.6) is 0 Å². The van der Waals surface area contributed by atoms with Crippen LogP contribution in [0.15, 0.2) is 48.5 Å². The van der Waals surface area contributed by atoms with E-state index in [1.807, 2.05) is 36.4 Å². The van der Waals surface area contributed by atoms with E-state index in [0.29, 0.717) is 0 Å². The average molecular weight is 255 g/mol. The van der Waals surface area contributed by atoms with Gasteiger partial charge in [-0.05, 0) is 30.2 Å². The molecule has 0 atom stereocenters. The maximum absolute atomic E-state index is 6.00. The average Bonchev–Trinajstić information content (AvgIpc) is 2.38. The van der Waals surface area contributed by atoms with Crippen molar-refractivity contribution in [1.82, 2.24) is 9.97 Å². The Morgan fingerprint density at radius 1 is 0.889 bits per heavy atom. The predicted molar refractivity (Wildman–Crippen MR) is 74.7 cm³/mol. The van der Waals surface area contributed by atoms with E-state index in [1.165, 1.54) is 5.56 Å². The van der Waals surface area contributed by atoms with Gasteiger partial charge in [-0.2, -0.15) is 0 Å². The lowest BCUT2D eigenvalue weighted by Crippen LogP contribution is -1.92. The second kappa shape index (κ2) is 4.39. The van der Waals surface area contributed by atoms with Crippen LogP contribution in [0, 0.1) is 6.92 Å². The number of hydrogen-bond acceptors (Lipinski definition) is 2. The molecule has 3 heteroatoms. The smallest absolute Gasteiger partial charge is 0.218 e. The van der Waals surface area contributed by atoms with E-state index in [-0.39, 0.29) is 5.28 Å². The Balaban J connectivity index is 2.39. The van der Waals surface area contributed by atoms with Gasteiger partial charge in [-0.1, -0.05) is 42.5 Å². The molecule has 18 heavy (non-hydrogen) atoms. The molecule has 1 aromatic heterocycles. The third-order valence-electron chi connectivity index (χ3n) is 2.98. The Bertz CT molecular complexity index is 723. The highest BCUT2D eigenvalue weighted by Gasteiger charge is 2.09. The summed E-state index contributed by atoms with van der Waals surface area (Å²) in [4.78, 5) is 8.63. The van der Waals surface area contributed by atoms with Crippen molar-refractivity contribution < 1.29 is 0 Å². The molecule has 0 fully saturated rings. The van der Waals surface area contributed by atoms with Gasteiger partial charge in [-0.25, -0.2) is 9.97 Å². The molecule has 0 unspecified atom stereocenters. The van der Waals surface area contributed by atoms with Crippen molar-refractivity contribution in [3.05, 3.63) is 59.4 Å². The monoisotopic (exact) mass is 254 g/mol. The molecule has 0 saturated heterocycles. The van der Waals surface area contributed by atoms with Crippen LogP contribution in [0.1, 0.15) is 5.56 Å². The van der Waals surface area contributed by atoms with Gasteiger partial charge in [-0.15, -0.1) is 0 Å². The van der Waals surface area contributed by atoms with Gasteiger partial charge < -0.3 is 0 Å².